The molecule has 1 rings (SSSR count). The smallest absolute Gasteiger partial charge is 0.164 e. The molecular formula is C9H12O3. The van der Waals surface area contributed by atoms with E-state index >= 15 is 0 Å². The van der Waals surface area contributed by atoms with Gasteiger partial charge in [-0.3, -0.25) is 0 Å². The van der Waals surface area contributed by atoms with Crippen molar-refractivity contribution in [1.29, 1.82) is 0 Å². The lowest BCUT2D eigenvalue weighted by molar-refractivity contribution is 0.388. The van der Waals surface area contributed by atoms with Crippen LogP contribution in [0.1, 0.15) is 16.7 Å². The van der Waals surface area contributed by atoms with E-state index in [2.05, 4.69) is 0 Å². The van der Waals surface area contributed by atoms with Crippen LogP contribution in [-0.2, 0) is 0 Å². The fraction of sp³-hybridized carbons (Fsp3) is 0.333. The molecule has 0 aliphatic carbocycles. The SMILES string of the molecule is Cc1c(C)c(O)c(O)c(C)c1O. The van der Waals surface area contributed by atoms with Gasteiger partial charge in [-0.15, -0.1) is 0 Å². The van der Waals surface area contributed by atoms with Gasteiger partial charge in [0.05, 0.1) is 0 Å². The highest BCUT2D eigenvalue weighted by Crippen LogP contribution is 2.40. The Morgan fingerprint density at radius 1 is 0.583 bits per heavy atom. The van der Waals surface area contributed by atoms with Crippen molar-refractivity contribution in [3.8, 4) is 17.2 Å². The summed E-state index contributed by atoms with van der Waals surface area (Å²) >= 11 is 0. The lowest BCUT2D eigenvalue weighted by atomic mass is 10.0. The Morgan fingerprint density at radius 2 is 0.917 bits per heavy atom. The van der Waals surface area contributed by atoms with Crippen LogP contribution in [0, 0.1) is 20.8 Å². The number of hydrogen-bond acceptors (Lipinski definition) is 3. The van der Waals surface area contributed by atoms with Crippen LogP contribution in [0.3, 0.4) is 0 Å². The highest BCUT2D eigenvalue weighted by atomic mass is 16.3. The molecule has 0 saturated heterocycles. The molecule has 0 saturated carbocycles. The number of phenolic OH excluding ortho intramolecular Hbond substituents is 3. The van der Waals surface area contributed by atoms with Gasteiger partial charge in [0, 0.05) is 11.1 Å². The Bertz CT molecular complexity index is 224. The van der Waals surface area contributed by atoms with E-state index in [1.807, 2.05) is 0 Å². The molecule has 1 aromatic carbocycles. The highest BCUT2D eigenvalue weighted by Gasteiger charge is 2.14. The molecule has 66 valence electrons. The molecule has 0 unspecified atom stereocenters. The Kier molecular flexibility index (Phi) is 1.88. The van der Waals surface area contributed by atoms with E-state index in [1.165, 1.54) is 0 Å². The molecule has 0 atom stereocenters. The van der Waals surface area contributed by atoms with Gasteiger partial charge in [0.1, 0.15) is 5.75 Å². The quantitative estimate of drug-likeness (QED) is 0.408. The third-order valence-corrected chi connectivity index (χ3v) is 2.21. The Balaban J connectivity index is 3.60. The summed E-state index contributed by atoms with van der Waals surface area (Å²) in [4.78, 5) is 0. The standard InChI is InChI=1S/C9H12O3/c1-4-5(2)8(11)9(12)6(3)7(4)10/h10-12H,1-3H3. The van der Waals surface area contributed by atoms with Gasteiger partial charge in [0.15, 0.2) is 11.5 Å². The van der Waals surface area contributed by atoms with Crippen LogP contribution in [0.25, 0.3) is 0 Å². The topological polar surface area (TPSA) is 60.7 Å². The zero-order chi connectivity index (χ0) is 9.46. The first-order valence-electron chi connectivity index (χ1n) is 3.67. The van der Waals surface area contributed by atoms with E-state index < -0.39 is 0 Å². The molecule has 1 aromatic rings. The fourth-order valence-electron chi connectivity index (χ4n) is 1.10. The Labute approximate surface area is 70.9 Å². The van der Waals surface area contributed by atoms with Crippen molar-refractivity contribution in [2.75, 3.05) is 0 Å². The van der Waals surface area contributed by atoms with Gasteiger partial charge in [-0.25, -0.2) is 0 Å². The van der Waals surface area contributed by atoms with Crippen molar-refractivity contribution >= 4 is 0 Å². The van der Waals surface area contributed by atoms with E-state index in [-0.39, 0.29) is 17.2 Å². The number of aromatic hydroxyl groups is 3. The van der Waals surface area contributed by atoms with Crippen molar-refractivity contribution in [2.24, 2.45) is 0 Å². The maximum atomic E-state index is 9.42. The maximum absolute atomic E-state index is 9.42. The second kappa shape index (κ2) is 2.59. The van der Waals surface area contributed by atoms with Crippen molar-refractivity contribution in [1.82, 2.24) is 0 Å². The van der Waals surface area contributed by atoms with Crippen molar-refractivity contribution in [2.45, 2.75) is 20.8 Å². The average molecular weight is 168 g/mol. The summed E-state index contributed by atoms with van der Waals surface area (Å²) in [5, 5.41) is 28.0. The number of phenols is 3. The van der Waals surface area contributed by atoms with E-state index in [9.17, 15) is 15.3 Å². The van der Waals surface area contributed by atoms with Gasteiger partial charge >= 0.3 is 0 Å². The molecular weight excluding hydrogens is 156 g/mol. The largest absolute Gasteiger partial charge is 0.507 e. The number of hydrogen-bond donors (Lipinski definition) is 3. The second-order valence-corrected chi connectivity index (χ2v) is 2.92. The zero-order valence-corrected chi connectivity index (χ0v) is 7.34. The summed E-state index contributed by atoms with van der Waals surface area (Å²) in [6.07, 6.45) is 0. The molecule has 0 fully saturated rings. The minimum atomic E-state index is -0.240. The first-order chi connectivity index (χ1) is 5.46. The van der Waals surface area contributed by atoms with Gasteiger partial charge in [-0.2, -0.15) is 0 Å². The molecule has 0 aliphatic rings. The predicted octanol–water partition coefficient (Wildman–Crippen LogP) is 1.73. The van der Waals surface area contributed by atoms with Crippen LogP contribution in [0.15, 0.2) is 0 Å². The molecule has 0 bridgehead atoms. The molecule has 0 amide bonds. The van der Waals surface area contributed by atoms with Gasteiger partial charge in [0.2, 0.25) is 0 Å². The monoisotopic (exact) mass is 168 g/mol. The van der Waals surface area contributed by atoms with Crippen LogP contribution in [0.4, 0.5) is 0 Å². The van der Waals surface area contributed by atoms with E-state index in [1.54, 1.807) is 20.8 Å². The third-order valence-electron chi connectivity index (χ3n) is 2.21. The lowest BCUT2D eigenvalue weighted by Gasteiger charge is -2.10. The molecule has 0 aliphatic heterocycles. The molecule has 0 heterocycles. The zero-order valence-electron chi connectivity index (χ0n) is 7.34. The summed E-state index contributed by atoms with van der Waals surface area (Å²) in [5.41, 5.74) is 1.43. The fourth-order valence-corrected chi connectivity index (χ4v) is 1.10. The van der Waals surface area contributed by atoms with E-state index in [0.717, 1.165) is 0 Å². The second-order valence-electron chi connectivity index (χ2n) is 2.92. The number of benzene rings is 1. The van der Waals surface area contributed by atoms with Crippen molar-refractivity contribution in [3.63, 3.8) is 0 Å². The van der Waals surface area contributed by atoms with E-state index in [4.69, 9.17) is 0 Å². The summed E-state index contributed by atoms with van der Waals surface area (Å²) < 4.78 is 0. The summed E-state index contributed by atoms with van der Waals surface area (Å²) in [7, 11) is 0. The van der Waals surface area contributed by atoms with Crippen molar-refractivity contribution < 1.29 is 15.3 Å². The maximum Gasteiger partial charge on any atom is 0.164 e. The van der Waals surface area contributed by atoms with Crippen molar-refractivity contribution in [3.05, 3.63) is 16.7 Å². The molecule has 3 N–H and O–H groups in total. The first-order valence-corrected chi connectivity index (χ1v) is 3.67. The normalized spacial score (nSPS) is 10.2. The van der Waals surface area contributed by atoms with Crippen LogP contribution in [0.5, 0.6) is 17.2 Å². The van der Waals surface area contributed by atoms with Crippen LogP contribution in [-0.4, -0.2) is 15.3 Å². The Hall–Kier alpha value is -1.38. The summed E-state index contributed by atoms with van der Waals surface area (Å²) in [6.45, 7) is 4.89. The average Bonchev–Trinajstić information content (AvgIpc) is 2.08. The molecule has 3 nitrogen and oxygen atoms in total. The number of rotatable bonds is 0. The minimum Gasteiger partial charge on any atom is -0.507 e. The predicted molar refractivity (Wildman–Crippen MR) is 45.6 cm³/mol. The van der Waals surface area contributed by atoms with Crippen LogP contribution < -0.4 is 0 Å². The van der Waals surface area contributed by atoms with Gasteiger partial charge in [0.25, 0.3) is 0 Å². The summed E-state index contributed by atoms with van der Waals surface area (Å²) in [5.74, 6) is -0.346. The van der Waals surface area contributed by atoms with Gasteiger partial charge in [-0.05, 0) is 26.3 Å². The van der Waals surface area contributed by atoms with Gasteiger partial charge < -0.3 is 15.3 Å². The highest BCUT2D eigenvalue weighted by molar-refractivity contribution is 5.59. The minimum absolute atomic E-state index is 0.0443. The van der Waals surface area contributed by atoms with Gasteiger partial charge in [-0.1, -0.05) is 0 Å². The molecule has 0 aromatic heterocycles. The van der Waals surface area contributed by atoms with Crippen LogP contribution >= 0.6 is 0 Å². The molecule has 3 heteroatoms. The third kappa shape index (κ3) is 0.978. The Morgan fingerprint density at radius 3 is 1.42 bits per heavy atom. The lowest BCUT2D eigenvalue weighted by Crippen LogP contribution is -1.87. The van der Waals surface area contributed by atoms with E-state index in [0.29, 0.717) is 16.7 Å². The molecule has 0 spiro atoms. The molecule has 12 heavy (non-hydrogen) atoms. The summed E-state index contributed by atoms with van der Waals surface area (Å²) in [6, 6.07) is 0. The molecule has 0 radical (unpaired) electrons. The first kappa shape index (κ1) is 8.71. The van der Waals surface area contributed by atoms with Crippen LogP contribution in [0.2, 0.25) is 0 Å².